The fourth-order valence-electron chi connectivity index (χ4n) is 2.66. The highest BCUT2D eigenvalue weighted by Gasteiger charge is 2.27. The number of pyridine rings is 1. The van der Waals surface area contributed by atoms with Crippen molar-refractivity contribution in [2.75, 3.05) is 13.1 Å². The minimum atomic E-state index is -0.303. The Kier molecular flexibility index (Phi) is 3.77. The third-order valence-electron chi connectivity index (χ3n) is 3.72. The van der Waals surface area contributed by atoms with Gasteiger partial charge >= 0.3 is 0 Å². The van der Waals surface area contributed by atoms with Gasteiger partial charge < -0.3 is 4.90 Å². The molecule has 1 amide bonds. The summed E-state index contributed by atoms with van der Waals surface area (Å²) in [6.45, 7) is 1.44. The second kappa shape index (κ2) is 5.87. The monoisotopic (exact) mass is 284 g/mol. The molecule has 0 radical (unpaired) electrons. The fraction of sp³-hybridized carbons (Fsp3) is 0.333. The Balaban J connectivity index is 1.63. The van der Waals surface area contributed by atoms with Gasteiger partial charge in [0.2, 0.25) is 0 Å². The van der Waals surface area contributed by atoms with Crippen LogP contribution in [-0.4, -0.2) is 39.1 Å². The number of amides is 1. The molecule has 2 aromatic heterocycles. The molecule has 1 fully saturated rings. The van der Waals surface area contributed by atoms with Crippen LogP contribution in [0.3, 0.4) is 0 Å². The van der Waals surface area contributed by atoms with E-state index in [2.05, 4.69) is 21.2 Å². The number of likely N-dealkylation sites (tertiary alicyclic amines) is 1. The van der Waals surface area contributed by atoms with E-state index >= 15 is 0 Å². The molecule has 0 bridgehead atoms. The topological polar surface area (TPSA) is 79.0 Å². The van der Waals surface area contributed by atoms with Crippen molar-refractivity contribution in [1.82, 2.24) is 20.1 Å². The van der Waals surface area contributed by atoms with E-state index in [1.807, 2.05) is 12.3 Å². The zero-order valence-corrected chi connectivity index (χ0v) is 11.5. The number of nitrogens with zero attached hydrogens (tertiary/aromatic N) is 3. The summed E-state index contributed by atoms with van der Waals surface area (Å²) >= 11 is 0. The van der Waals surface area contributed by atoms with Crippen LogP contribution in [-0.2, 0) is 6.42 Å². The van der Waals surface area contributed by atoms with Crippen LogP contribution in [0.5, 0.6) is 0 Å². The standard InChI is InChI=1S/C15H16N4O2/c20-14-4-3-13(17-18-14)15(21)19-7-5-12(10-19)8-11-2-1-6-16-9-11/h1-4,6,9,12H,5,7-8,10H2,(H,18,20). The molecule has 1 atom stereocenters. The van der Waals surface area contributed by atoms with E-state index in [0.29, 0.717) is 12.5 Å². The summed E-state index contributed by atoms with van der Waals surface area (Å²) in [5.41, 5.74) is 1.18. The van der Waals surface area contributed by atoms with Gasteiger partial charge in [0.1, 0.15) is 5.69 Å². The van der Waals surface area contributed by atoms with Gasteiger partial charge in [0.25, 0.3) is 11.5 Å². The van der Waals surface area contributed by atoms with E-state index in [1.165, 1.54) is 17.7 Å². The molecule has 6 nitrogen and oxygen atoms in total. The van der Waals surface area contributed by atoms with Crippen LogP contribution in [0.2, 0.25) is 0 Å². The largest absolute Gasteiger partial charge is 0.337 e. The maximum atomic E-state index is 12.3. The van der Waals surface area contributed by atoms with Crippen LogP contribution in [0.15, 0.2) is 41.5 Å². The first-order valence-electron chi connectivity index (χ1n) is 6.96. The van der Waals surface area contributed by atoms with Crippen molar-refractivity contribution < 1.29 is 4.79 Å². The number of aromatic amines is 1. The lowest BCUT2D eigenvalue weighted by atomic mass is 10.0. The minimum Gasteiger partial charge on any atom is -0.337 e. The summed E-state index contributed by atoms with van der Waals surface area (Å²) in [6.07, 6.45) is 5.53. The molecule has 1 unspecified atom stereocenters. The molecular weight excluding hydrogens is 268 g/mol. The van der Waals surface area contributed by atoms with Gasteiger partial charge in [-0.3, -0.25) is 14.6 Å². The van der Waals surface area contributed by atoms with Crippen LogP contribution in [0.4, 0.5) is 0 Å². The van der Waals surface area contributed by atoms with Gasteiger partial charge in [-0.05, 0) is 36.5 Å². The highest BCUT2D eigenvalue weighted by molar-refractivity contribution is 5.92. The molecule has 1 aliphatic rings. The van der Waals surface area contributed by atoms with Gasteiger partial charge in [-0.1, -0.05) is 6.07 Å². The van der Waals surface area contributed by atoms with Crippen LogP contribution in [0.25, 0.3) is 0 Å². The molecule has 1 N–H and O–H groups in total. The van der Waals surface area contributed by atoms with Gasteiger partial charge in [0.05, 0.1) is 0 Å². The molecule has 3 rings (SSSR count). The van der Waals surface area contributed by atoms with Crippen molar-refractivity contribution in [3.63, 3.8) is 0 Å². The Hall–Kier alpha value is -2.50. The van der Waals surface area contributed by atoms with Crippen molar-refractivity contribution in [1.29, 1.82) is 0 Å². The number of carbonyl (C=O) groups excluding carboxylic acids is 1. The third kappa shape index (κ3) is 3.16. The van der Waals surface area contributed by atoms with Gasteiger partial charge in [0.15, 0.2) is 0 Å². The normalized spacial score (nSPS) is 17.9. The van der Waals surface area contributed by atoms with E-state index in [9.17, 15) is 9.59 Å². The Labute approximate surface area is 121 Å². The Bertz CT molecular complexity index is 663. The molecule has 1 saturated heterocycles. The SMILES string of the molecule is O=C(c1ccc(=O)[nH]n1)N1CCC(Cc2cccnc2)C1. The lowest BCUT2D eigenvalue weighted by Gasteiger charge is -2.15. The highest BCUT2D eigenvalue weighted by Crippen LogP contribution is 2.21. The number of carbonyl (C=O) groups is 1. The number of H-pyrrole nitrogens is 1. The Morgan fingerprint density at radius 2 is 2.29 bits per heavy atom. The van der Waals surface area contributed by atoms with E-state index in [4.69, 9.17) is 0 Å². The summed E-state index contributed by atoms with van der Waals surface area (Å²) in [5.74, 6) is 0.320. The molecule has 0 aliphatic carbocycles. The van der Waals surface area contributed by atoms with Crippen molar-refractivity contribution >= 4 is 5.91 Å². The van der Waals surface area contributed by atoms with Crippen LogP contribution >= 0.6 is 0 Å². The zero-order chi connectivity index (χ0) is 14.7. The molecule has 2 aromatic rings. The van der Waals surface area contributed by atoms with Gasteiger partial charge in [-0.15, -0.1) is 0 Å². The second-order valence-electron chi connectivity index (χ2n) is 5.28. The first kappa shape index (κ1) is 13.5. The second-order valence-corrected chi connectivity index (χ2v) is 5.28. The van der Waals surface area contributed by atoms with Crippen LogP contribution in [0, 0.1) is 5.92 Å². The van der Waals surface area contributed by atoms with E-state index in [-0.39, 0.29) is 17.2 Å². The average molecular weight is 284 g/mol. The highest BCUT2D eigenvalue weighted by atomic mass is 16.2. The summed E-state index contributed by atoms with van der Waals surface area (Å²) < 4.78 is 0. The Morgan fingerprint density at radius 1 is 1.38 bits per heavy atom. The van der Waals surface area contributed by atoms with Crippen molar-refractivity contribution in [2.45, 2.75) is 12.8 Å². The summed E-state index contributed by atoms with van der Waals surface area (Å²) in [6, 6.07) is 6.78. The van der Waals surface area contributed by atoms with E-state index in [1.54, 1.807) is 11.1 Å². The average Bonchev–Trinajstić information content (AvgIpc) is 2.97. The summed E-state index contributed by atoms with van der Waals surface area (Å²) in [4.78, 5) is 29.2. The van der Waals surface area contributed by atoms with E-state index in [0.717, 1.165) is 19.4 Å². The molecule has 6 heteroatoms. The molecule has 0 saturated carbocycles. The van der Waals surface area contributed by atoms with Crippen molar-refractivity contribution in [3.05, 3.63) is 58.3 Å². The van der Waals surface area contributed by atoms with E-state index < -0.39 is 0 Å². The molecule has 108 valence electrons. The predicted octanol–water partition coefficient (Wildman–Crippen LogP) is 0.870. The number of nitrogens with one attached hydrogen (secondary N) is 1. The molecule has 3 heterocycles. The molecule has 1 aliphatic heterocycles. The third-order valence-corrected chi connectivity index (χ3v) is 3.72. The minimum absolute atomic E-state index is 0.125. The van der Waals surface area contributed by atoms with Gasteiger partial charge in [-0.25, -0.2) is 5.10 Å². The van der Waals surface area contributed by atoms with Crippen molar-refractivity contribution in [2.24, 2.45) is 5.92 Å². The number of hydrogen-bond donors (Lipinski definition) is 1. The maximum Gasteiger partial charge on any atom is 0.274 e. The number of hydrogen-bond acceptors (Lipinski definition) is 4. The fourth-order valence-corrected chi connectivity index (χ4v) is 2.66. The predicted molar refractivity (Wildman–Crippen MR) is 76.8 cm³/mol. The van der Waals surface area contributed by atoms with Crippen molar-refractivity contribution in [3.8, 4) is 0 Å². The van der Waals surface area contributed by atoms with Gasteiger partial charge in [-0.2, -0.15) is 5.10 Å². The molecular formula is C15H16N4O2. The number of aromatic nitrogens is 3. The molecule has 21 heavy (non-hydrogen) atoms. The summed E-state index contributed by atoms with van der Waals surface area (Å²) in [5, 5.41) is 6.09. The quantitative estimate of drug-likeness (QED) is 0.907. The van der Waals surface area contributed by atoms with Crippen LogP contribution in [0.1, 0.15) is 22.5 Å². The zero-order valence-electron chi connectivity index (χ0n) is 11.5. The summed E-state index contributed by atoms with van der Waals surface area (Å²) in [7, 11) is 0. The first-order valence-corrected chi connectivity index (χ1v) is 6.96. The number of rotatable bonds is 3. The lowest BCUT2D eigenvalue weighted by molar-refractivity contribution is 0.0780. The van der Waals surface area contributed by atoms with Gasteiger partial charge in [0, 0.05) is 31.5 Å². The maximum absolute atomic E-state index is 12.3. The van der Waals surface area contributed by atoms with Crippen LogP contribution < -0.4 is 5.56 Å². The Morgan fingerprint density at radius 3 is 3.00 bits per heavy atom. The first-order chi connectivity index (χ1) is 10.2. The molecule has 0 spiro atoms. The lowest BCUT2D eigenvalue weighted by Crippen LogP contribution is -2.30. The molecule has 0 aromatic carbocycles. The smallest absolute Gasteiger partial charge is 0.274 e.